The minimum absolute atomic E-state index is 0.0336. The first-order chi connectivity index (χ1) is 18.2. The number of hydrogen-bond acceptors (Lipinski definition) is 5. The molecular formula is C28H31FN4O5. The SMILES string of the molecule is CNC(=O)Nc1ccc2c(c1)CCC21OC(=O)N(CC(=O)N(Cc2ccc(F)cc2)C2CCCC2C)C1=O. The van der Waals surface area contributed by atoms with Gasteiger partial charge < -0.3 is 20.3 Å². The molecule has 1 spiro atoms. The van der Waals surface area contributed by atoms with Crippen molar-refractivity contribution >= 4 is 29.6 Å². The molecule has 10 heteroatoms. The summed E-state index contributed by atoms with van der Waals surface area (Å²) in [4.78, 5) is 54.5. The molecule has 1 saturated heterocycles. The van der Waals surface area contributed by atoms with Crippen molar-refractivity contribution in [1.29, 1.82) is 0 Å². The van der Waals surface area contributed by atoms with Crippen LogP contribution < -0.4 is 10.6 Å². The van der Waals surface area contributed by atoms with Crippen LogP contribution in [0.2, 0.25) is 0 Å². The van der Waals surface area contributed by atoms with E-state index in [4.69, 9.17) is 4.74 Å². The highest BCUT2D eigenvalue weighted by Gasteiger charge is 2.58. The smallest absolute Gasteiger partial charge is 0.418 e. The second kappa shape index (κ2) is 10.1. The monoisotopic (exact) mass is 522 g/mol. The Morgan fingerprint density at radius 2 is 1.92 bits per heavy atom. The van der Waals surface area contributed by atoms with Crippen LogP contribution in [-0.2, 0) is 32.9 Å². The quantitative estimate of drug-likeness (QED) is 0.598. The van der Waals surface area contributed by atoms with Crippen LogP contribution in [0.3, 0.4) is 0 Å². The molecule has 2 N–H and O–H groups in total. The summed E-state index contributed by atoms with van der Waals surface area (Å²) in [6, 6.07) is 10.7. The lowest BCUT2D eigenvalue weighted by molar-refractivity contribution is -0.143. The van der Waals surface area contributed by atoms with E-state index in [9.17, 15) is 23.6 Å². The van der Waals surface area contributed by atoms with Crippen molar-refractivity contribution in [2.45, 2.75) is 57.2 Å². The minimum Gasteiger partial charge on any atom is -0.427 e. The predicted molar refractivity (Wildman–Crippen MR) is 136 cm³/mol. The van der Waals surface area contributed by atoms with Gasteiger partial charge in [0.15, 0.2) is 0 Å². The van der Waals surface area contributed by atoms with Gasteiger partial charge in [0.25, 0.3) is 5.91 Å². The molecule has 3 aliphatic rings. The zero-order valence-electron chi connectivity index (χ0n) is 21.5. The van der Waals surface area contributed by atoms with Crippen LogP contribution >= 0.6 is 0 Å². The molecule has 9 nitrogen and oxygen atoms in total. The summed E-state index contributed by atoms with van der Waals surface area (Å²) in [7, 11) is 1.51. The molecule has 0 aromatic heterocycles. The highest BCUT2D eigenvalue weighted by molar-refractivity contribution is 6.06. The van der Waals surface area contributed by atoms with Gasteiger partial charge in [-0.05, 0) is 60.6 Å². The van der Waals surface area contributed by atoms with Crippen LogP contribution in [0.4, 0.5) is 19.7 Å². The van der Waals surface area contributed by atoms with Crippen LogP contribution in [0.1, 0.15) is 49.3 Å². The Hall–Kier alpha value is -3.95. The summed E-state index contributed by atoms with van der Waals surface area (Å²) in [6.07, 6.45) is 2.70. The fourth-order valence-electron chi connectivity index (χ4n) is 5.92. The maximum Gasteiger partial charge on any atom is 0.418 e. The average molecular weight is 523 g/mol. The second-order valence-corrected chi connectivity index (χ2v) is 10.3. The van der Waals surface area contributed by atoms with Gasteiger partial charge >= 0.3 is 12.1 Å². The van der Waals surface area contributed by atoms with Gasteiger partial charge in [0.1, 0.15) is 12.4 Å². The number of urea groups is 1. The number of rotatable bonds is 6. The van der Waals surface area contributed by atoms with E-state index in [2.05, 4.69) is 17.6 Å². The largest absolute Gasteiger partial charge is 0.427 e. The fraction of sp³-hybridized carbons (Fsp3) is 0.429. The van der Waals surface area contributed by atoms with Gasteiger partial charge in [0.2, 0.25) is 11.5 Å². The molecule has 2 fully saturated rings. The van der Waals surface area contributed by atoms with E-state index in [0.29, 0.717) is 17.7 Å². The minimum atomic E-state index is -1.47. The lowest BCUT2D eigenvalue weighted by Gasteiger charge is -2.33. The van der Waals surface area contributed by atoms with Gasteiger partial charge in [0.05, 0.1) is 0 Å². The number of amides is 5. The number of nitrogens with one attached hydrogen (secondary N) is 2. The summed E-state index contributed by atoms with van der Waals surface area (Å²) in [5.74, 6) is -0.988. The predicted octanol–water partition coefficient (Wildman–Crippen LogP) is 3.91. The summed E-state index contributed by atoms with van der Waals surface area (Å²) in [5, 5.41) is 5.18. The number of aryl methyl sites for hydroxylation is 1. The molecule has 200 valence electrons. The van der Waals surface area contributed by atoms with Gasteiger partial charge in [0, 0.05) is 37.3 Å². The molecule has 3 unspecified atom stereocenters. The first-order valence-corrected chi connectivity index (χ1v) is 12.9. The zero-order chi connectivity index (χ0) is 27.0. The van der Waals surface area contributed by atoms with Gasteiger partial charge in [-0.15, -0.1) is 0 Å². The number of fused-ring (bicyclic) bond motifs is 2. The van der Waals surface area contributed by atoms with E-state index in [1.165, 1.54) is 19.2 Å². The number of nitrogens with zero attached hydrogens (tertiary/aromatic N) is 2. The third-order valence-electron chi connectivity index (χ3n) is 7.94. The zero-order valence-corrected chi connectivity index (χ0v) is 21.5. The van der Waals surface area contributed by atoms with Crippen LogP contribution in [-0.4, -0.2) is 53.4 Å². The summed E-state index contributed by atoms with van der Waals surface area (Å²) >= 11 is 0. The summed E-state index contributed by atoms with van der Waals surface area (Å²) in [5.41, 5.74) is 1.23. The normalized spacial score (nSPS) is 23.9. The van der Waals surface area contributed by atoms with E-state index in [-0.39, 0.29) is 42.7 Å². The fourth-order valence-corrected chi connectivity index (χ4v) is 5.92. The molecule has 2 aliphatic carbocycles. The molecule has 0 bridgehead atoms. The van der Waals surface area contributed by atoms with Crippen molar-refractivity contribution < 1.29 is 28.3 Å². The molecule has 1 aliphatic heterocycles. The number of anilines is 1. The Kier molecular flexibility index (Phi) is 6.81. The maximum absolute atomic E-state index is 13.6. The molecule has 38 heavy (non-hydrogen) atoms. The van der Waals surface area contributed by atoms with E-state index in [1.54, 1.807) is 35.2 Å². The standard InChI is InChI=1S/C28H31FN4O5/c1-17-4-3-5-23(17)32(15-18-6-8-20(29)9-7-18)24(34)16-33-25(35)28(38-27(33)37)13-12-19-14-21(10-11-22(19)28)31-26(36)30-2/h6-11,14,17,23H,3-5,12-13,15-16H2,1-2H3,(H2,30,31,36). The lowest BCUT2D eigenvalue weighted by Crippen LogP contribution is -2.48. The van der Waals surface area contributed by atoms with E-state index >= 15 is 0 Å². The highest BCUT2D eigenvalue weighted by atomic mass is 19.1. The third-order valence-corrected chi connectivity index (χ3v) is 7.94. The number of imide groups is 1. The second-order valence-electron chi connectivity index (χ2n) is 10.3. The first-order valence-electron chi connectivity index (χ1n) is 12.9. The molecular weight excluding hydrogens is 491 g/mol. The lowest BCUT2D eigenvalue weighted by atomic mass is 9.94. The van der Waals surface area contributed by atoms with Crippen molar-refractivity contribution in [3.63, 3.8) is 0 Å². The molecule has 1 heterocycles. The first kappa shape index (κ1) is 25.7. The van der Waals surface area contributed by atoms with Crippen molar-refractivity contribution in [2.75, 3.05) is 18.9 Å². The van der Waals surface area contributed by atoms with Crippen LogP contribution in [0.5, 0.6) is 0 Å². The van der Waals surface area contributed by atoms with Gasteiger partial charge in [-0.3, -0.25) is 9.59 Å². The van der Waals surface area contributed by atoms with Crippen LogP contribution in [0.15, 0.2) is 42.5 Å². The number of ether oxygens (including phenoxy) is 1. The number of halogens is 1. The Morgan fingerprint density at radius 1 is 1.16 bits per heavy atom. The number of carbonyl (C=O) groups is 4. The molecule has 2 aromatic rings. The van der Waals surface area contributed by atoms with Gasteiger partial charge in [-0.2, -0.15) is 0 Å². The number of hydrogen-bond donors (Lipinski definition) is 2. The third kappa shape index (κ3) is 4.59. The van der Waals surface area contributed by atoms with Crippen LogP contribution in [0.25, 0.3) is 0 Å². The Balaban J connectivity index is 1.36. The van der Waals surface area contributed by atoms with Crippen LogP contribution in [0, 0.1) is 11.7 Å². The molecule has 1 saturated carbocycles. The molecule has 5 amide bonds. The number of benzene rings is 2. The highest BCUT2D eigenvalue weighted by Crippen LogP contribution is 2.46. The molecule has 2 aromatic carbocycles. The number of carbonyl (C=O) groups excluding carboxylic acids is 4. The van der Waals surface area contributed by atoms with Crippen molar-refractivity contribution in [3.8, 4) is 0 Å². The Bertz CT molecular complexity index is 1280. The topological polar surface area (TPSA) is 108 Å². The summed E-state index contributed by atoms with van der Waals surface area (Å²) < 4.78 is 19.1. The average Bonchev–Trinajstić information content (AvgIpc) is 3.56. The van der Waals surface area contributed by atoms with E-state index < -0.39 is 24.1 Å². The van der Waals surface area contributed by atoms with E-state index in [1.807, 2.05) is 0 Å². The molecule has 5 rings (SSSR count). The van der Waals surface area contributed by atoms with Gasteiger partial charge in [-0.25, -0.2) is 18.9 Å². The Morgan fingerprint density at radius 3 is 2.61 bits per heavy atom. The van der Waals surface area contributed by atoms with Crippen molar-refractivity contribution in [3.05, 3.63) is 65.0 Å². The van der Waals surface area contributed by atoms with Crippen molar-refractivity contribution in [2.24, 2.45) is 5.92 Å². The van der Waals surface area contributed by atoms with E-state index in [0.717, 1.165) is 35.3 Å². The Labute approximate surface area is 220 Å². The maximum atomic E-state index is 13.6. The molecule has 0 radical (unpaired) electrons. The summed E-state index contributed by atoms with van der Waals surface area (Å²) in [6.45, 7) is 1.94. The van der Waals surface area contributed by atoms with Gasteiger partial charge in [-0.1, -0.05) is 31.5 Å². The van der Waals surface area contributed by atoms with Crippen molar-refractivity contribution in [1.82, 2.24) is 15.1 Å². The molecule has 3 atom stereocenters.